The molecule has 1 aliphatic carbocycles. The first kappa shape index (κ1) is 12.8. The molecular weight excluding hydrogens is 224 g/mol. The van der Waals surface area contributed by atoms with E-state index in [0.717, 1.165) is 23.8 Å². The summed E-state index contributed by atoms with van der Waals surface area (Å²) in [5.74, 6) is -0.0539. The number of rotatable bonds is 4. The lowest BCUT2D eigenvalue weighted by Crippen LogP contribution is -2.14. The molecule has 0 amide bonds. The highest BCUT2D eigenvalue weighted by Gasteiger charge is 2.21. The molecule has 0 aliphatic heterocycles. The third kappa shape index (κ3) is 2.77. The number of hydrogen-bond acceptors (Lipinski definition) is 2. The lowest BCUT2D eigenvalue weighted by atomic mass is 9.85. The number of benzene rings is 1. The molecule has 0 heterocycles. The van der Waals surface area contributed by atoms with Gasteiger partial charge in [0, 0.05) is 11.8 Å². The van der Waals surface area contributed by atoms with Crippen molar-refractivity contribution >= 4 is 6.29 Å². The van der Waals surface area contributed by atoms with Crippen LogP contribution in [-0.4, -0.2) is 11.4 Å². The quantitative estimate of drug-likeness (QED) is 0.824. The molecule has 1 aliphatic rings. The Bertz CT molecular complexity index is 459. The number of aliphatic hydroxyl groups excluding tert-OH is 1. The molecule has 94 valence electrons. The van der Waals surface area contributed by atoms with Crippen molar-refractivity contribution in [2.75, 3.05) is 0 Å². The van der Waals surface area contributed by atoms with E-state index in [1.165, 1.54) is 0 Å². The molecule has 2 heteroatoms. The van der Waals surface area contributed by atoms with E-state index < -0.39 is 6.10 Å². The van der Waals surface area contributed by atoms with Crippen LogP contribution in [0.2, 0.25) is 0 Å². The number of aliphatic hydroxyl groups is 1. The Hall–Kier alpha value is -1.67. The van der Waals surface area contributed by atoms with Crippen molar-refractivity contribution in [2.45, 2.75) is 19.4 Å². The minimum Gasteiger partial charge on any atom is -0.388 e. The van der Waals surface area contributed by atoms with Crippen LogP contribution < -0.4 is 0 Å². The number of aldehydes is 1. The fourth-order valence-corrected chi connectivity index (χ4v) is 2.23. The van der Waals surface area contributed by atoms with Gasteiger partial charge in [-0.2, -0.15) is 0 Å². The normalized spacial score (nSPS) is 22.1. The average Bonchev–Trinajstić information content (AvgIpc) is 2.46. The maximum absolute atomic E-state index is 10.8. The minimum atomic E-state index is -0.509. The second-order valence-corrected chi connectivity index (χ2v) is 4.75. The van der Waals surface area contributed by atoms with Crippen LogP contribution in [0.5, 0.6) is 0 Å². The molecule has 1 N–H and O–H groups in total. The van der Waals surface area contributed by atoms with Crippen LogP contribution >= 0.6 is 0 Å². The van der Waals surface area contributed by atoms with E-state index in [1.807, 2.05) is 55.5 Å². The molecule has 1 aromatic rings. The Morgan fingerprint density at radius 1 is 1.33 bits per heavy atom. The Balaban J connectivity index is 2.17. The molecule has 18 heavy (non-hydrogen) atoms. The zero-order valence-electron chi connectivity index (χ0n) is 10.5. The van der Waals surface area contributed by atoms with Crippen molar-refractivity contribution in [3.8, 4) is 0 Å². The molecule has 0 radical (unpaired) electrons. The molecule has 1 aromatic carbocycles. The molecular formula is C16H18O2. The Kier molecular flexibility index (Phi) is 4.11. The zero-order chi connectivity index (χ0) is 13.0. The molecule has 0 saturated heterocycles. The Morgan fingerprint density at radius 3 is 2.72 bits per heavy atom. The minimum absolute atomic E-state index is 0.0507. The van der Waals surface area contributed by atoms with Gasteiger partial charge < -0.3 is 9.90 Å². The van der Waals surface area contributed by atoms with Crippen LogP contribution in [-0.2, 0) is 4.79 Å². The SMILES string of the molecule is CC(C=O)C1=C[C@@H](C(O)c2ccccc2)CC=C1. The molecule has 0 aromatic heterocycles. The van der Waals surface area contributed by atoms with E-state index in [4.69, 9.17) is 0 Å². The predicted octanol–water partition coefficient (Wildman–Crippen LogP) is 3.06. The summed E-state index contributed by atoms with van der Waals surface area (Å²) in [6, 6.07) is 9.65. The maximum atomic E-state index is 10.8. The van der Waals surface area contributed by atoms with Crippen molar-refractivity contribution in [1.82, 2.24) is 0 Å². The van der Waals surface area contributed by atoms with Crippen molar-refractivity contribution in [1.29, 1.82) is 0 Å². The third-order valence-corrected chi connectivity index (χ3v) is 3.40. The van der Waals surface area contributed by atoms with Gasteiger partial charge in [-0.3, -0.25) is 0 Å². The second-order valence-electron chi connectivity index (χ2n) is 4.75. The molecule has 2 unspecified atom stereocenters. The summed E-state index contributed by atoms with van der Waals surface area (Å²) in [6.07, 6.45) is 7.28. The molecule has 0 bridgehead atoms. The van der Waals surface area contributed by atoms with Crippen molar-refractivity contribution < 1.29 is 9.90 Å². The van der Waals surface area contributed by atoms with Gasteiger partial charge in [0.1, 0.15) is 6.29 Å². The van der Waals surface area contributed by atoms with E-state index in [-0.39, 0.29) is 11.8 Å². The van der Waals surface area contributed by atoms with Gasteiger partial charge >= 0.3 is 0 Å². The topological polar surface area (TPSA) is 37.3 Å². The van der Waals surface area contributed by atoms with Gasteiger partial charge in [-0.25, -0.2) is 0 Å². The molecule has 0 saturated carbocycles. The van der Waals surface area contributed by atoms with Crippen LogP contribution in [0.4, 0.5) is 0 Å². The molecule has 2 nitrogen and oxygen atoms in total. The van der Waals surface area contributed by atoms with Crippen LogP contribution in [0.1, 0.15) is 25.0 Å². The fourth-order valence-electron chi connectivity index (χ4n) is 2.23. The van der Waals surface area contributed by atoms with E-state index in [2.05, 4.69) is 0 Å². The standard InChI is InChI=1S/C16H18O2/c1-12(11-17)14-8-5-9-15(10-14)16(18)13-6-3-2-4-7-13/h2-8,10-12,15-16,18H,9H2,1H3/t12?,15-,16?/m0/s1. The van der Waals surface area contributed by atoms with Crippen molar-refractivity contribution in [3.05, 3.63) is 59.7 Å². The first-order valence-corrected chi connectivity index (χ1v) is 6.29. The largest absolute Gasteiger partial charge is 0.388 e. The van der Waals surface area contributed by atoms with E-state index >= 15 is 0 Å². The lowest BCUT2D eigenvalue weighted by molar-refractivity contribution is -0.109. The van der Waals surface area contributed by atoms with Gasteiger partial charge in [0.05, 0.1) is 6.10 Å². The molecule has 2 rings (SSSR count). The van der Waals surface area contributed by atoms with Gasteiger partial charge in [0.2, 0.25) is 0 Å². The lowest BCUT2D eigenvalue weighted by Gasteiger charge is -2.23. The summed E-state index contributed by atoms with van der Waals surface area (Å²) < 4.78 is 0. The number of carbonyl (C=O) groups is 1. The highest BCUT2D eigenvalue weighted by atomic mass is 16.3. The molecule has 3 atom stereocenters. The number of carbonyl (C=O) groups excluding carboxylic acids is 1. The summed E-state index contributed by atoms with van der Waals surface area (Å²) >= 11 is 0. The smallest absolute Gasteiger partial charge is 0.127 e. The first-order chi connectivity index (χ1) is 8.72. The summed E-state index contributed by atoms with van der Waals surface area (Å²) in [5, 5.41) is 10.4. The Labute approximate surface area is 108 Å². The monoisotopic (exact) mass is 242 g/mol. The summed E-state index contributed by atoms with van der Waals surface area (Å²) in [6.45, 7) is 1.88. The summed E-state index contributed by atoms with van der Waals surface area (Å²) in [5.41, 5.74) is 1.92. The van der Waals surface area contributed by atoms with Gasteiger partial charge in [0.15, 0.2) is 0 Å². The fraction of sp³-hybridized carbons (Fsp3) is 0.312. The van der Waals surface area contributed by atoms with Crippen LogP contribution in [0.15, 0.2) is 54.1 Å². The highest BCUT2D eigenvalue weighted by molar-refractivity contribution is 5.60. The van der Waals surface area contributed by atoms with Crippen LogP contribution in [0, 0.1) is 11.8 Å². The highest BCUT2D eigenvalue weighted by Crippen LogP contribution is 2.31. The number of allylic oxidation sites excluding steroid dienone is 3. The van der Waals surface area contributed by atoms with E-state index in [0.29, 0.717) is 0 Å². The van der Waals surface area contributed by atoms with Gasteiger partial charge in [-0.1, -0.05) is 55.5 Å². The van der Waals surface area contributed by atoms with Crippen LogP contribution in [0.25, 0.3) is 0 Å². The average molecular weight is 242 g/mol. The summed E-state index contributed by atoms with van der Waals surface area (Å²) in [4.78, 5) is 10.8. The second kappa shape index (κ2) is 5.78. The Morgan fingerprint density at radius 2 is 2.06 bits per heavy atom. The first-order valence-electron chi connectivity index (χ1n) is 6.29. The third-order valence-electron chi connectivity index (χ3n) is 3.40. The maximum Gasteiger partial charge on any atom is 0.127 e. The van der Waals surface area contributed by atoms with Crippen LogP contribution in [0.3, 0.4) is 0 Å². The molecule has 0 spiro atoms. The van der Waals surface area contributed by atoms with Gasteiger partial charge in [0.25, 0.3) is 0 Å². The van der Waals surface area contributed by atoms with Gasteiger partial charge in [-0.15, -0.1) is 0 Å². The zero-order valence-corrected chi connectivity index (χ0v) is 10.5. The van der Waals surface area contributed by atoms with E-state index in [1.54, 1.807) is 0 Å². The summed E-state index contributed by atoms with van der Waals surface area (Å²) in [7, 11) is 0. The van der Waals surface area contributed by atoms with Crippen molar-refractivity contribution in [2.24, 2.45) is 11.8 Å². The molecule has 0 fully saturated rings. The van der Waals surface area contributed by atoms with E-state index in [9.17, 15) is 9.90 Å². The number of hydrogen-bond donors (Lipinski definition) is 1. The predicted molar refractivity (Wildman–Crippen MR) is 72.0 cm³/mol. The van der Waals surface area contributed by atoms with Gasteiger partial charge in [-0.05, 0) is 17.6 Å². The van der Waals surface area contributed by atoms with Crippen molar-refractivity contribution in [3.63, 3.8) is 0 Å².